The highest BCUT2D eigenvalue weighted by Crippen LogP contribution is 2.28. The molecule has 162 valence electrons. The number of nitrogens with zero attached hydrogens (tertiary/aromatic N) is 3. The fraction of sp³-hybridized carbons (Fsp3) is 0.125. The standard InChI is InChI=1S/C24H21ClN4O3/c1-31-20-13-10-18(14-21(20)32-2)23(30)29-24(26-15-16-6-4-3-5-7-16)27-22(28-29)17-8-11-19(25)12-9-17/h3-14H,15H2,1-2H3,(H,26,27,28). The van der Waals surface area contributed by atoms with E-state index in [9.17, 15) is 4.79 Å². The van der Waals surface area contributed by atoms with Crippen molar-refractivity contribution in [2.75, 3.05) is 19.5 Å². The third-order valence-electron chi connectivity index (χ3n) is 4.83. The first-order chi connectivity index (χ1) is 15.6. The summed E-state index contributed by atoms with van der Waals surface area (Å²) in [5, 5.41) is 8.30. The number of benzene rings is 3. The van der Waals surface area contributed by atoms with Gasteiger partial charge in [-0.05, 0) is 48.0 Å². The third kappa shape index (κ3) is 4.58. The van der Waals surface area contributed by atoms with Crippen molar-refractivity contribution in [2.24, 2.45) is 0 Å². The van der Waals surface area contributed by atoms with E-state index in [0.717, 1.165) is 11.1 Å². The second-order valence-corrected chi connectivity index (χ2v) is 7.33. The number of nitrogens with one attached hydrogen (secondary N) is 1. The Hall–Kier alpha value is -3.84. The van der Waals surface area contributed by atoms with Gasteiger partial charge in [0.1, 0.15) is 0 Å². The predicted octanol–water partition coefficient (Wildman–Crippen LogP) is 4.92. The first-order valence-corrected chi connectivity index (χ1v) is 10.2. The maximum absolute atomic E-state index is 13.3. The fourth-order valence-corrected chi connectivity index (χ4v) is 3.28. The molecule has 0 spiro atoms. The molecule has 1 N–H and O–H groups in total. The van der Waals surface area contributed by atoms with Gasteiger partial charge in [-0.3, -0.25) is 4.79 Å². The van der Waals surface area contributed by atoms with Crippen LogP contribution in [0.1, 0.15) is 15.9 Å². The first kappa shape index (κ1) is 21.4. The van der Waals surface area contributed by atoms with Gasteiger partial charge in [0, 0.05) is 22.7 Å². The van der Waals surface area contributed by atoms with E-state index in [4.69, 9.17) is 21.1 Å². The SMILES string of the molecule is COc1ccc(C(=O)n2nc(-c3ccc(Cl)cc3)nc2NCc2ccccc2)cc1OC. The molecule has 0 radical (unpaired) electrons. The molecule has 3 aromatic carbocycles. The molecule has 8 heteroatoms. The van der Waals surface area contributed by atoms with Gasteiger partial charge in [-0.25, -0.2) is 0 Å². The van der Waals surface area contributed by atoms with Crippen LogP contribution in [0.3, 0.4) is 0 Å². The van der Waals surface area contributed by atoms with E-state index in [2.05, 4.69) is 15.4 Å². The molecule has 0 atom stereocenters. The van der Waals surface area contributed by atoms with Crippen molar-refractivity contribution < 1.29 is 14.3 Å². The van der Waals surface area contributed by atoms with Crippen molar-refractivity contribution in [2.45, 2.75) is 6.54 Å². The molecule has 4 aromatic rings. The van der Waals surface area contributed by atoms with E-state index in [1.807, 2.05) is 42.5 Å². The number of hydrogen-bond donors (Lipinski definition) is 1. The van der Waals surface area contributed by atoms with Crippen molar-refractivity contribution in [3.63, 3.8) is 0 Å². The summed E-state index contributed by atoms with van der Waals surface area (Å²) < 4.78 is 11.9. The van der Waals surface area contributed by atoms with E-state index in [0.29, 0.717) is 40.4 Å². The van der Waals surface area contributed by atoms with Gasteiger partial charge in [0.05, 0.1) is 14.2 Å². The lowest BCUT2D eigenvalue weighted by atomic mass is 10.2. The lowest BCUT2D eigenvalue weighted by Crippen LogP contribution is -2.17. The first-order valence-electron chi connectivity index (χ1n) is 9.86. The molecule has 0 unspecified atom stereocenters. The zero-order valence-electron chi connectivity index (χ0n) is 17.6. The van der Waals surface area contributed by atoms with Crippen LogP contribution >= 0.6 is 11.6 Å². The molecule has 32 heavy (non-hydrogen) atoms. The number of anilines is 1. The summed E-state index contributed by atoms with van der Waals surface area (Å²) in [5.74, 6) is 1.38. The quantitative estimate of drug-likeness (QED) is 0.432. The number of methoxy groups -OCH3 is 2. The van der Waals surface area contributed by atoms with Crippen LogP contribution in [0.2, 0.25) is 5.02 Å². The minimum atomic E-state index is -0.353. The van der Waals surface area contributed by atoms with Crippen molar-refractivity contribution in [3.8, 4) is 22.9 Å². The molecule has 1 heterocycles. The number of halogens is 1. The summed E-state index contributed by atoms with van der Waals surface area (Å²) in [7, 11) is 3.06. The average Bonchev–Trinajstić information content (AvgIpc) is 3.27. The molecule has 0 aliphatic heterocycles. The summed E-state index contributed by atoms with van der Waals surface area (Å²) in [6.07, 6.45) is 0. The van der Waals surface area contributed by atoms with Crippen molar-refractivity contribution in [3.05, 3.63) is 88.9 Å². The number of carbonyl (C=O) groups is 1. The Morgan fingerprint density at radius 1 is 0.969 bits per heavy atom. The minimum Gasteiger partial charge on any atom is -0.493 e. The molecule has 0 saturated heterocycles. The third-order valence-corrected chi connectivity index (χ3v) is 5.08. The minimum absolute atomic E-state index is 0.332. The van der Waals surface area contributed by atoms with E-state index >= 15 is 0 Å². The van der Waals surface area contributed by atoms with Crippen LogP contribution in [0.15, 0.2) is 72.8 Å². The molecule has 0 bridgehead atoms. The maximum Gasteiger partial charge on any atom is 0.281 e. The van der Waals surface area contributed by atoms with Crippen molar-refractivity contribution in [1.29, 1.82) is 0 Å². The van der Waals surface area contributed by atoms with Crippen LogP contribution in [-0.2, 0) is 6.54 Å². The summed E-state index contributed by atoms with van der Waals surface area (Å²) in [6, 6.07) is 21.9. The number of hydrogen-bond acceptors (Lipinski definition) is 6. The van der Waals surface area contributed by atoms with Crippen molar-refractivity contribution in [1.82, 2.24) is 14.8 Å². The number of carbonyl (C=O) groups excluding carboxylic acids is 1. The highest BCUT2D eigenvalue weighted by atomic mass is 35.5. The normalized spacial score (nSPS) is 10.6. The Bertz CT molecular complexity index is 1220. The Morgan fingerprint density at radius 3 is 2.38 bits per heavy atom. The van der Waals surface area contributed by atoms with Gasteiger partial charge < -0.3 is 14.8 Å². The zero-order chi connectivity index (χ0) is 22.5. The maximum atomic E-state index is 13.3. The van der Waals surface area contributed by atoms with Gasteiger partial charge in [-0.1, -0.05) is 41.9 Å². The lowest BCUT2D eigenvalue weighted by molar-refractivity contribution is 0.0947. The average molecular weight is 449 g/mol. The van der Waals surface area contributed by atoms with Crippen molar-refractivity contribution >= 4 is 23.5 Å². The molecular weight excluding hydrogens is 428 g/mol. The zero-order valence-corrected chi connectivity index (χ0v) is 18.3. The summed E-state index contributed by atoms with van der Waals surface area (Å²) >= 11 is 6.00. The van der Waals surface area contributed by atoms with Crippen LogP contribution < -0.4 is 14.8 Å². The molecule has 7 nitrogen and oxygen atoms in total. The fourth-order valence-electron chi connectivity index (χ4n) is 3.16. The van der Waals surface area contributed by atoms with Gasteiger partial charge in [0.2, 0.25) is 5.95 Å². The summed E-state index contributed by atoms with van der Waals surface area (Å²) in [4.78, 5) is 17.9. The Kier molecular flexibility index (Phi) is 6.37. The van der Waals surface area contributed by atoms with Crippen LogP contribution in [0.5, 0.6) is 11.5 Å². The number of aromatic nitrogens is 3. The van der Waals surface area contributed by atoms with Crippen LogP contribution in [0.25, 0.3) is 11.4 Å². The second-order valence-electron chi connectivity index (χ2n) is 6.89. The Labute approximate surface area is 190 Å². The van der Waals surface area contributed by atoms with Gasteiger partial charge in [-0.15, -0.1) is 5.10 Å². The van der Waals surface area contributed by atoms with E-state index in [1.165, 1.54) is 11.8 Å². The van der Waals surface area contributed by atoms with Crippen LogP contribution in [0, 0.1) is 0 Å². The van der Waals surface area contributed by atoms with E-state index in [-0.39, 0.29) is 5.91 Å². The smallest absolute Gasteiger partial charge is 0.281 e. The lowest BCUT2D eigenvalue weighted by Gasteiger charge is -2.10. The highest BCUT2D eigenvalue weighted by Gasteiger charge is 2.20. The molecule has 0 aliphatic carbocycles. The molecule has 0 aliphatic rings. The largest absolute Gasteiger partial charge is 0.493 e. The molecule has 4 rings (SSSR count). The van der Waals surface area contributed by atoms with E-state index < -0.39 is 0 Å². The number of rotatable bonds is 7. The summed E-state index contributed by atoms with van der Waals surface area (Å²) in [6.45, 7) is 0.485. The Balaban J connectivity index is 1.71. The van der Waals surface area contributed by atoms with Crippen LogP contribution in [-0.4, -0.2) is 34.9 Å². The highest BCUT2D eigenvalue weighted by molar-refractivity contribution is 6.30. The molecule has 0 saturated carbocycles. The van der Waals surface area contributed by atoms with E-state index in [1.54, 1.807) is 37.4 Å². The predicted molar refractivity (Wildman–Crippen MR) is 124 cm³/mol. The molecule has 0 fully saturated rings. The Morgan fingerprint density at radius 2 is 1.69 bits per heavy atom. The van der Waals surface area contributed by atoms with Gasteiger partial charge in [0.25, 0.3) is 5.91 Å². The molecule has 1 aromatic heterocycles. The monoisotopic (exact) mass is 448 g/mol. The topological polar surface area (TPSA) is 78.3 Å². The second kappa shape index (κ2) is 9.53. The summed E-state index contributed by atoms with van der Waals surface area (Å²) in [5.41, 5.74) is 2.18. The van der Waals surface area contributed by atoms with Gasteiger partial charge >= 0.3 is 0 Å². The molecule has 0 amide bonds. The van der Waals surface area contributed by atoms with Gasteiger partial charge in [0.15, 0.2) is 17.3 Å². The number of ether oxygens (including phenoxy) is 2. The van der Waals surface area contributed by atoms with Crippen LogP contribution in [0.4, 0.5) is 5.95 Å². The molecular formula is C24H21ClN4O3. The van der Waals surface area contributed by atoms with Gasteiger partial charge in [-0.2, -0.15) is 9.67 Å².